The largest absolute Gasteiger partial charge is 0.495 e. The molecule has 1 aromatic carbocycles. The zero-order valence-electron chi connectivity index (χ0n) is 22.5. The molecule has 12 heteroatoms. The molecule has 5 rings (SSSR count). The Kier molecular flexibility index (Phi) is 8.07. The predicted molar refractivity (Wildman–Crippen MR) is 154 cm³/mol. The van der Waals surface area contributed by atoms with Crippen molar-refractivity contribution in [2.24, 2.45) is 0 Å². The first kappa shape index (κ1) is 27.7. The number of rotatable bonds is 6. The van der Waals surface area contributed by atoms with Crippen LogP contribution in [0.3, 0.4) is 0 Å². The molecular weight excluding hydrogens is 541 g/mol. The van der Waals surface area contributed by atoms with Gasteiger partial charge in [-0.15, -0.1) is 0 Å². The van der Waals surface area contributed by atoms with E-state index in [-0.39, 0.29) is 24.5 Å². The van der Waals surface area contributed by atoms with Gasteiger partial charge < -0.3 is 30.1 Å². The van der Waals surface area contributed by atoms with E-state index in [0.29, 0.717) is 34.5 Å². The van der Waals surface area contributed by atoms with Crippen molar-refractivity contribution in [3.05, 3.63) is 30.0 Å². The fourth-order valence-corrected chi connectivity index (χ4v) is 6.09. The Balaban J connectivity index is 1.39. The number of hydrogen-bond acceptors (Lipinski definition) is 8. The lowest BCUT2D eigenvalue weighted by Gasteiger charge is -2.32. The smallest absolute Gasteiger partial charge is 0.265 e. The highest BCUT2D eigenvalue weighted by Gasteiger charge is 2.45. The number of nitrogens with zero attached hydrogens (tertiary/aromatic N) is 5. The number of ether oxygens (including phenoxy) is 1. The topological polar surface area (TPSA) is 103 Å². The minimum absolute atomic E-state index is 0.124. The van der Waals surface area contributed by atoms with Gasteiger partial charge in [-0.2, -0.15) is 4.98 Å². The molecule has 0 unspecified atom stereocenters. The Morgan fingerprint density at radius 2 is 1.85 bits per heavy atom. The summed E-state index contributed by atoms with van der Waals surface area (Å²) < 4.78 is 4.00. The van der Waals surface area contributed by atoms with E-state index in [1.54, 1.807) is 38.6 Å². The average Bonchev–Trinajstić information content (AvgIpc) is 3.45. The van der Waals surface area contributed by atoms with Crippen LogP contribution in [-0.4, -0.2) is 83.9 Å². The highest BCUT2D eigenvalue weighted by atomic mass is 35.5. The van der Waals surface area contributed by atoms with E-state index in [1.807, 2.05) is 4.90 Å². The highest BCUT2D eigenvalue weighted by Crippen LogP contribution is 2.41. The van der Waals surface area contributed by atoms with Gasteiger partial charge in [0, 0.05) is 24.7 Å². The second-order valence-electron chi connectivity index (χ2n) is 10.6. The second kappa shape index (κ2) is 11.3. The number of alkyl halides is 2. The number of benzene rings is 1. The van der Waals surface area contributed by atoms with Crippen molar-refractivity contribution in [3.8, 4) is 5.75 Å². The van der Waals surface area contributed by atoms with Crippen LogP contribution in [0.15, 0.2) is 24.4 Å². The molecule has 0 spiro atoms. The Morgan fingerprint density at radius 3 is 2.54 bits per heavy atom. The zero-order valence-corrected chi connectivity index (χ0v) is 24.1. The monoisotopic (exact) mass is 575 g/mol. The third-order valence-corrected chi connectivity index (χ3v) is 8.46. The SMILES string of the molecule is COc1cc(C(=O)NC2CCN(C)CC2)ccc1Nc1ncc2c(n1)N(C1CCCC1)CC(Cl)(Cl)C(=O)N2C. The van der Waals surface area contributed by atoms with Gasteiger partial charge in [0.25, 0.3) is 11.8 Å². The number of methoxy groups -OCH3 is 1. The van der Waals surface area contributed by atoms with Crippen LogP contribution in [0, 0.1) is 0 Å². The fraction of sp³-hybridized carbons (Fsp3) is 0.556. The van der Waals surface area contributed by atoms with Gasteiger partial charge in [-0.1, -0.05) is 36.0 Å². The van der Waals surface area contributed by atoms with Crippen molar-refractivity contribution in [2.75, 3.05) is 56.0 Å². The maximum absolute atomic E-state index is 13.0. The van der Waals surface area contributed by atoms with Crippen LogP contribution in [-0.2, 0) is 4.79 Å². The van der Waals surface area contributed by atoms with E-state index in [1.165, 1.54) is 4.90 Å². The number of aromatic nitrogens is 2. The third kappa shape index (κ3) is 5.88. The molecule has 2 amide bonds. The molecule has 1 aromatic heterocycles. The maximum atomic E-state index is 13.0. The number of amides is 2. The van der Waals surface area contributed by atoms with Gasteiger partial charge in [-0.3, -0.25) is 9.59 Å². The normalized spacial score (nSPS) is 20.5. The predicted octanol–water partition coefficient (Wildman–Crippen LogP) is 3.95. The van der Waals surface area contributed by atoms with Gasteiger partial charge in [0.15, 0.2) is 5.82 Å². The lowest BCUT2D eigenvalue weighted by atomic mass is 10.0. The number of piperidine rings is 1. The minimum Gasteiger partial charge on any atom is -0.495 e. The molecule has 1 aliphatic carbocycles. The van der Waals surface area contributed by atoms with Crippen LogP contribution in [0.4, 0.5) is 23.1 Å². The van der Waals surface area contributed by atoms with Crippen LogP contribution in [0.1, 0.15) is 48.9 Å². The van der Waals surface area contributed by atoms with Gasteiger partial charge in [0.2, 0.25) is 10.3 Å². The summed E-state index contributed by atoms with van der Waals surface area (Å²) in [5.41, 5.74) is 1.68. The van der Waals surface area contributed by atoms with Crippen molar-refractivity contribution in [1.82, 2.24) is 20.2 Å². The molecule has 10 nitrogen and oxygen atoms in total. The Labute approximate surface area is 239 Å². The average molecular weight is 577 g/mol. The Hall–Kier alpha value is -2.82. The summed E-state index contributed by atoms with van der Waals surface area (Å²) in [4.78, 5) is 40.9. The molecule has 0 bridgehead atoms. The second-order valence-corrected chi connectivity index (χ2v) is 12.1. The summed E-state index contributed by atoms with van der Waals surface area (Å²) in [5, 5.41) is 6.36. The van der Waals surface area contributed by atoms with Crippen LogP contribution < -0.4 is 25.2 Å². The first-order chi connectivity index (χ1) is 18.7. The Bertz CT molecular complexity index is 1230. The van der Waals surface area contributed by atoms with E-state index in [0.717, 1.165) is 51.6 Å². The maximum Gasteiger partial charge on any atom is 0.265 e. The third-order valence-electron chi connectivity index (χ3n) is 7.90. The summed E-state index contributed by atoms with van der Waals surface area (Å²) in [6, 6.07) is 5.59. The summed E-state index contributed by atoms with van der Waals surface area (Å²) in [5.74, 6) is 0.890. The molecule has 3 aliphatic rings. The first-order valence-corrected chi connectivity index (χ1v) is 14.2. The number of anilines is 4. The molecule has 210 valence electrons. The minimum atomic E-state index is -1.60. The number of nitrogens with one attached hydrogen (secondary N) is 2. The zero-order chi connectivity index (χ0) is 27.7. The van der Waals surface area contributed by atoms with E-state index in [4.69, 9.17) is 32.9 Å². The van der Waals surface area contributed by atoms with E-state index in [2.05, 4.69) is 27.6 Å². The van der Waals surface area contributed by atoms with Crippen LogP contribution >= 0.6 is 23.2 Å². The van der Waals surface area contributed by atoms with Crippen molar-refractivity contribution in [1.29, 1.82) is 0 Å². The molecule has 2 aliphatic heterocycles. The molecule has 0 atom stereocenters. The molecule has 1 saturated heterocycles. The first-order valence-electron chi connectivity index (χ1n) is 13.4. The number of halogens is 2. The fourth-order valence-electron chi connectivity index (χ4n) is 5.58. The molecule has 0 radical (unpaired) electrons. The van der Waals surface area contributed by atoms with Crippen molar-refractivity contribution in [2.45, 2.75) is 54.9 Å². The van der Waals surface area contributed by atoms with Gasteiger partial charge in [-0.25, -0.2) is 4.98 Å². The summed E-state index contributed by atoms with van der Waals surface area (Å²) in [6.07, 6.45) is 7.62. The van der Waals surface area contributed by atoms with Crippen LogP contribution in [0.5, 0.6) is 5.75 Å². The number of carbonyl (C=O) groups excluding carboxylic acids is 2. The molecule has 2 N–H and O–H groups in total. The molecule has 3 heterocycles. The number of fused-ring (bicyclic) bond motifs is 1. The van der Waals surface area contributed by atoms with Gasteiger partial charge in [0.05, 0.1) is 25.5 Å². The van der Waals surface area contributed by atoms with E-state index < -0.39 is 10.2 Å². The Morgan fingerprint density at radius 1 is 1.13 bits per heavy atom. The van der Waals surface area contributed by atoms with Gasteiger partial charge >= 0.3 is 0 Å². The molecule has 2 aromatic rings. The summed E-state index contributed by atoms with van der Waals surface area (Å²) in [6.45, 7) is 2.07. The molecular formula is C27H35Cl2N7O3. The molecule has 1 saturated carbocycles. The van der Waals surface area contributed by atoms with E-state index >= 15 is 0 Å². The van der Waals surface area contributed by atoms with Crippen LogP contribution in [0.25, 0.3) is 0 Å². The standard InChI is InChI=1S/C27H35Cl2N7O3/c1-34-12-10-18(11-13-34)31-24(37)17-8-9-20(22(14-17)39-3)32-26-30-15-21-23(33-26)36(19-6-4-5-7-19)16-27(28,29)25(38)35(21)2/h8-9,14-15,18-19H,4-7,10-13,16H2,1-3H3,(H,31,37)(H,30,32,33). The number of hydrogen-bond donors (Lipinski definition) is 2. The lowest BCUT2D eigenvalue weighted by Crippen LogP contribution is -2.46. The van der Waals surface area contributed by atoms with Crippen molar-refractivity contribution >= 4 is 58.2 Å². The van der Waals surface area contributed by atoms with Gasteiger partial charge in [-0.05, 0) is 64.0 Å². The molecule has 2 fully saturated rings. The number of likely N-dealkylation sites (tertiary alicyclic amines) is 1. The summed E-state index contributed by atoms with van der Waals surface area (Å²) in [7, 11) is 5.28. The molecule has 39 heavy (non-hydrogen) atoms. The van der Waals surface area contributed by atoms with Crippen LogP contribution in [0.2, 0.25) is 0 Å². The van der Waals surface area contributed by atoms with Gasteiger partial charge in [0.1, 0.15) is 11.4 Å². The lowest BCUT2D eigenvalue weighted by molar-refractivity contribution is -0.118. The van der Waals surface area contributed by atoms with E-state index in [9.17, 15) is 9.59 Å². The quantitative estimate of drug-likeness (QED) is 0.499. The summed E-state index contributed by atoms with van der Waals surface area (Å²) >= 11 is 13.0. The van der Waals surface area contributed by atoms with Crippen molar-refractivity contribution in [3.63, 3.8) is 0 Å². The van der Waals surface area contributed by atoms with Crippen molar-refractivity contribution < 1.29 is 14.3 Å². The number of carbonyl (C=O) groups is 2. The highest BCUT2D eigenvalue weighted by molar-refractivity contribution is 6.59.